The molecule has 0 saturated heterocycles. The van der Waals surface area contributed by atoms with Crippen LogP contribution in [0.2, 0.25) is 0 Å². The minimum absolute atomic E-state index is 0.0499. The summed E-state index contributed by atoms with van der Waals surface area (Å²) in [7, 11) is 0. The highest BCUT2D eigenvalue weighted by Gasteiger charge is 2.35. The minimum Gasteiger partial charge on any atom is -0.320 e. The summed E-state index contributed by atoms with van der Waals surface area (Å²) in [6, 6.07) is 1.73. The Kier molecular flexibility index (Phi) is 3.53. The quantitative estimate of drug-likeness (QED) is 0.910. The normalized spacial score (nSPS) is 13.3. The van der Waals surface area contributed by atoms with Gasteiger partial charge in [-0.15, -0.1) is 0 Å². The summed E-state index contributed by atoms with van der Waals surface area (Å²) in [5.41, 5.74) is 6.47. The Hall–Kier alpha value is -1.95. The summed E-state index contributed by atoms with van der Waals surface area (Å²) >= 11 is 0. The number of hydrogen-bond donors (Lipinski definition) is 1. The average molecular weight is 267 g/mol. The number of pyridine rings is 2. The van der Waals surface area contributed by atoms with Gasteiger partial charge in [0.15, 0.2) is 0 Å². The van der Waals surface area contributed by atoms with Gasteiger partial charge in [-0.25, -0.2) is 0 Å². The summed E-state index contributed by atoms with van der Waals surface area (Å²) in [5, 5.41) is 0. The van der Waals surface area contributed by atoms with Gasteiger partial charge in [-0.3, -0.25) is 9.97 Å². The highest BCUT2D eigenvalue weighted by atomic mass is 19.4. The third kappa shape index (κ3) is 2.73. The van der Waals surface area contributed by atoms with Crippen LogP contribution in [-0.4, -0.2) is 9.97 Å². The number of halogens is 3. The van der Waals surface area contributed by atoms with E-state index in [-0.39, 0.29) is 5.56 Å². The van der Waals surface area contributed by atoms with Crippen LogP contribution in [0.5, 0.6) is 0 Å². The van der Waals surface area contributed by atoms with E-state index in [2.05, 4.69) is 9.97 Å². The summed E-state index contributed by atoms with van der Waals surface area (Å²) in [6.07, 6.45) is 0.855. The molecule has 0 saturated carbocycles. The molecule has 0 spiro atoms. The molecule has 0 aliphatic carbocycles. The number of aromatic nitrogens is 2. The molecular formula is C13H12F3N3. The first-order valence-electron chi connectivity index (χ1n) is 5.58. The van der Waals surface area contributed by atoms with Gasteiger partial charge < -0.3 is 5.73 Å². The van der Waals surface area contributed by atoms with Crippen LogP contribution in [0.15, 0.2) is 36.9 Å². The van der Waals surface area contributed by atoms with Gasteiger partial charge >= 0.3 is 6.18 Å². The number of rotatable bonds is 2. The molecular weight excluding hydrogens is 255 g/mol. The van der Waals surface area contributed by atoms with Crippen molar-refractivity contribution in [3.8, 4) is 0 Å². The van der Waals surface area contributed by atoms with Crippen LogP contribution in [0.3, 0.4) is 0 Å². The summed E-state index contributed by atoms with van der Waals surface area (Å²) in [6.45, 7) is 1.78. The van der Waals surface area contributed by atoms with Gasteiger partial charge in [-0.05, 0) is 30.2 Å². The first-order valence-corrected chi connectivity index (χ1v) is 5.58. The minimum atomic E-state index is -4.45. The van der Waals surface area contributed by atoms with E-state index < -0.39 is 17.8 Å². The molecule has 1 unspecified atom stereocenters. The Bertz CT molecular complexity index is 581. The molecule has 0 aliphatic rings. The lowest BCUT2D eigenvalue weighted by molar-refractivity contribution is -0.138. The van der Waals surface area contributed by atoms with E-state index in [9.17, 15) is 13.2 Å². The number of nitrogens with zero attached hydrogens (tertiary/aromatic N) is 2. The Morgan fingerprint density at radius 2 is 1.63 bits per heavy atom. The predicted octanol–water partition coefficient (Wildman–Crippen LogP) is 2.85. The number of nitrogens with two attached hydrogens (primary N) is 1. The second-order valence-corrected chi connectivity index (χ2v) is 4.17. The third-order valence-electron chi connectivity index (χ3n) is 2.91. The maximum atomic E-state index is 12.9. The molecule has 2 heterocycles. The van der Waals surface area contributed by atoms with Gasteiger partial charge in [0.05, 0.1) is 11.6 Å². The highest BCUT2D eigenvalue weighted by molar-refractivity contribution is 5.38. The van der Waals surface area contributed by atoms with Crippen LogP contribution in [0.4, 0.5) is 13.2 Å². The van der Waals surface area contributed by atoms with E-state index >= 15 is 0 Å². The summed E-state index contributed by atoms with van der Waals surface area (Å²) < 4.78 is 38.8. The van der Waals surface area contributed by atoms with E-state index in [1.54, 1.807) is 19.2 Å². The molecule has 3 nitrogen and oxygen atoms in total. The number of hydrogen-bond acceptors (Lipinski definition) is 3. The predicted molar refractivity (Wildman–Crippen MR) is 64.2 cm³/mol. The Labute approximate surface area is 108 Å². The standard InChI is InChI=1S/C13H12F3N3/c1-8-2-4-18-6-9(8)12(17)10-7-19-5-3-11(10)13(14,15)16/h2-7,12H,17H2,1H3. The van der Waals surface area contributed by atoms with E-state index in [1.165, 1.54) is 6.20 Å². The molecule has 100 valence electrons. The first-order chi connectivity index (χ1) is 8.91. The summed E-state index contributed by atoms with van der Waals surface area (Å²) in [5.74, 6) is 0. The topological polar surface area (TPSA) is 51.8 Å². The lowest BCUT2D eigenvalue weighted by Crippen LogP contribution is -2.19. The van der Waals surface area contributed by atoms with Crippen LogP contribution < -0.4 is 5.73 Å². The Morgan fingerprint density at radius 3 is 2.21 bits per heavy atom. The van der Waals surface area contributed by atoms with E-state index in [0.29, 0.717) is 5.56 Å². The molecule has 2 rings (SSSR count). The van der Waals surface area contributed by atoms with Gasteiger partial charge in [-0.2, -0.15) is 13.2 Å². The second kappa shape index (κ2) is 4.97. The van der Waals surface area contributed by atoms with Crippen molar-refractivity contribution >= 4 is 0 Å². The van der Waals surface area contributed by atoms with Crippen molar-refractivity contribution in [2.45, 2.75) is 19.1 Å². The molecule has 6 heteroatoms. The number of alkyl halides is 3. The highest BCUT2D eigenvalue weighted by Crippen LogP contribution is 2.35. The largest absolute Gasteiger partial charge is 0.416 e. The van der Waals surface area contributed by atoms with Gasteiger partial charge in [0, 0.05) is 30.4 Å². The fourth-order valence-corrected chi connectivity index (χ4v) is 1.88. The smallest absolute Gasteiger partial charge is 0.320 e. The van der Waals surface area contributed by atoms with E-state index in [4.69, 9.17) is 5.73 Å². The van der Waals surface area contributed by atoms with Crippen molar-refractivity contribution in [1.29, 1.82) is 0 Å². The van der Waals surface area contributed by atoms with E-state index in [1.807, 2.05) is 0 Å². The van der Waals surface area contributed by atoms with Crippen molar-refractivity contribution in [1.82, 2.24) is 9.97 Å². The fraction of sp³-hybridized carbons (Fsp3) is 0.231. The zero-order valence-corrected chi connectivity index (χ0v) is 10.1. The molecule has 0 radical (unpaired) electrons. The maximum Gasteiger partial charge on any atom is 0.416 e. The molecule has 2 aromatic rings. The van der Waals surface area contributed by atoms with Crippen molar-refractivity contribution in [2.24, 2.45) is 5.73 Å². The summed E-state index contributed by atoms with van der Waals surface area (Å²) in [4.78, 5) is 7.64. The second-order valence-electron chi connectivity index (χ2n) is 4.17. The van der Waals surface area contributed by atoms with E-state index in [0.717, 1.165) is 24.0 Å². The SMILES string of the molecule is Cc1ccncc1C(N)c1cnccc1C(F)(F)F. The van der Waals surface area contributed by atoms with Crippen LogP contribution in [0, 0.1) is 6.92 Å². The van der Waals surface area contributed by atoms with Crippen LogP contribution in [0.1, 0.15) is 28.3 Å². The fourth-order valence-electron chi connectivity index (χ4n) is 1.88. The van der Waals surface area contributed by atoms with Crippen LogP contribution in [0.25, 0.3) is 0 Å². The third-order valence-corrected chi connectivity index (χ3v) is 2.91. The van der Waals surface area contributed by atoms with Crippen molar-refractivity contribution in [2.75, 3.05) is 0 Å². The Balaban J connectivity index is 2.51. The lowest BCUT2D eigenvalue weighted by Gasteiger charge is -2.19. The Morgan fingerprint density at radius 1 is 1.05 bits per heavy atom. The van der Waals surface area contributed by atoms with Crippen molar-refractivity contribution in [3.05, 3.63) is 59.2 Å². The van der Waals surface area contributed by atoms with Crippen LogP contribution in [-0.2, 0) is 6.18 Å². The molecule has 19 heavy (non-hydrogen) atoms. The maximum absolute atomic E-state index is 12.9. The van der Waals surface area contributed by atoms with Crippen LogP contribution >= 0.6 is 0 Å². The molecule has 0 aliphatic heterocycles. The first kappa shape index (κ1) is 13.5. The monoisotopic (exact) mass is 267 g/mol. The van der Waals surface area contributed by atoms with Gasteiger partial charge in [0.25, 0.3) is 0 Å². The van der Waals surface area contributed by atoms with Crippen molar-refractivity contribution in [3.63, 3.8) is 0 Å². The molecule has 0 aromatic carbocycles. The molecule has 0 bridgehead atoms. The van der Waals surface area contributed by atoms with Crippen molar-refractivity contribution < 1.29 is 13.2 Å². The molecule has 0 fully saturated rings. The molecule has 1 atom stereocenters. The molecule has 2 N–H and O–H groups in total. The molecule has 0 amide bonds. The van der Waals surface area contributed by atoms with Gasteiger partial charge in [-0.1, -0.05) is 0 Å². The molecule has 2 aromatic heterocycles. The average Bonchev–Trinajstić information content (AvgIpc) is 2.37. The zero-order valence-electron chi connectivity index (χ0n) is 10.1. The van der Waals surface area contributed by atoms with Gasteiger partial charge in [0.2, 0.25) is 0 Å². The van der Waals surface area contributed by atoms with Gasteiger partial charge in [0.1, 0.15) is 0 Å². The number of aryl methyl sites for hydroxylation is 1. The lowest BCUT2D eigenvalue weighted by atomic mass is 9.95. The zero-order chi connectivity index (χ0) is 14.0.